The molecule has 0 spiro atoms. The second-order valence-corrected chi connectivity index (χ2v) is 4.68. The summed E-state index contributed by atoms with van der Waals surface area (Å²) in [5.41, 5.74) is 0. The molecule has 0 unspecified atom stereocenters. The van der Waals surface area contributed by atoms with Crippen molar-refractivity contribution >= 4 is 5.91 Å². The molecule has 3 nitrogen and oxygen atoms in total. The topological polar surface area (TPSA) is 23.6 Å². The molecule has 1 saturated heterocycles. The van der Waals surface area contributed by atoms with E-state index in [2.05, 4.69) is 18.7 Å². The lowest BCUT2D eigenvalue weighted by molar-refractivity contribution is -0.133. The first-order chi connectivity index (χ1) is 7.77. The predicted molar refractivity (Wildman–Crippen MR) is 67.5 cm³/mol. The summed E-state index contributed by atoms with van der Waals surface area (Å²) in [5.74, 6) is 0.358. The third-order valence-electron chi connectivity index (χ3n) is 3.30. The van der Waals surface area contributed by atoms with Gasteiger partial charge in [-0.2, -0.15) is 0 Å². The maximum atomic E-state index is 11.8. The van der Waals surface area contributed by atoms with Crippen molar-refractivity contribution in [1.29, 1.82) is 0 Å². The molecule has 0 saturated carbocycles. The molecular weight excluding hydrogens is 200 g/mol. The molecule has 1 aliphatic heterocycles. The standard InChI is InChI=1S/C13H26N2O/c1-3-5-7-13(16)15-11-9-14(10-12-15)8-6-4-2/h3-12H2,1-2H3. The van der Waals surface area contributed by atoms with Crippen LogP contribution in [0.15, 0.2) is 0 Å². The summed E-state index contributed by atoms with van der Waals surface area (Å²) in [4.78, 5) is 16.3. The first-order valence-corrected chi connectivity index (χ1v) is 6.78. The van der Waals surface area contributed by atoms with Crippen LogP contribution in [-0.4, -0.2) is 48.4 Å². The van der Waals surface area contributed by atoms with Gasteiger partial charge in [0.1, 0.15) is 0 Å². The number of amides is 1. The average Bonchev–Trinajstić information content (AvgIpc) is 2.34. The van der Waals surface area contributed by atoms with Gasteiger partial charge >= 0.3 is 0 Å². The molecule has 0 atom stereocenters. The smallest absolute Gasteiger partial charge is 0.222 e. The summed E-state index contributed by atoms with van der Waals surface area (Å²) in [5, 5.41) is 0. The third kappa shape index (κ3) is 4.52. The van der Waals surface area contributed by atoms with E-state index < -0.39 is 0 Å². The van der Waals surface area contributed by atoms with Crippen LogP contribution in [0.2, 0.25) is 0 Å². The molecule has 1 amide bonds. The minimum absolute atomic E-state index is 0.358. The molecule has 0 aromatic carbocycles. The number of nitrogens with zero attached hydrogens (tertiary/aromatic N) is 2. The van der Waals surface area contributed by atoms with Crippen LogP contribution in [0.3, 0.4) is 0 Å². The maximum Gasteiger partial charge on any atom is 0.222 e. The van der Waals surface area contributed by atoms with E-state index in [0.717, 1.165) is 45.4 Å². The first kappa shape index (κ1) is 13.5. The quantitative estimate of drug-likeness (QED) is 0.692. The largest absolute Gasteiger partial charge is 0.340 e. The van der Waals surface area contributed by atoms with Crippen LogP contribution < -0.4 is 0 Å². The minimum atomic E-state index is 0.358. The molecule has 0 bridgehead atoms. The zero-order valence-electron chi connectivity index (χ0n) is 10.9. The molecule has 0 aromatic heterocycles. The van der Waals surface area contributed by atoms with E-state index in [0.29, 0.717) is 5.91 Å². The molecule has 1 heterocycles. The van der Waals surface area contributed by atoms with Crippen molar-refractivity contribution in [3.63, 3.8) is 0 Å². The summed E-state index contributed by atoms with van der Waals surface area (Å²) in [6.07, 6.45) is 5.43. The fourth-order valence-electron chi connectivity index (χ4n) is 2.09. The molecule has 16 heavy (non-hydrogen) atoms. The van der Waals surface area contributed by atoms with Crippen LogP contribution in [0.1, 0.15) is 46.0 Å². The Morgan fingerprint density at radius 3 is 2.19 bits per heavy atom. The van der Waals surface area contributed by atoms with Gasteiger partial charge in [-0.15, -0.1) is 0 Å². The maximum absolute atomic E-state index is 11.8. The van der Waals surface area contributed by atoms with Crippen LogP contribution >= 0.6 is 0 Å². The van der Waals surface area contributed by atoms with Gasteiger partial charge in [-0.25, -0.2) is 0 Å². The van der Waals surface area contributed by atoms with Crippen molar-refractivity contribution < 1.29 is 4.79 Å². The number of unbranched alkanes of at least 4 members (excludes halogenated alkanes) is 2. The van der Waals surface area contributed by atoms with E-state index in [9.17, 15) is 4.79 Å². The van der Waals surface area contributed by atoms with E-state index >= 15 is 0 Å². The van der Waals surface area contributed by atoms with Crippen LogP contribution in [-0.2, 0) is 4.79 Å². The third-order valence-corrected chi connectivity index (χ3v) is 3.30. The fourth-order valence-corrected chi connectivity index (χ4v) is 2.09. The van der Waals surface area contributed by atoms with Gasteiger partial charge in [-0.1, -0.05) is 26.7 Å². The molecule has 1 fully saturated rings. The van der Waals surface area contributed by atoms with Gasteiger partial charge in [0, 0.05) is 32.6 Å². The van der Waals surface area contributed by atoms with Crippen molar-refractivity contribution in [3.05, 3.63) is 0 Å². The van der Waals surface area contributed by atoms with Gasteiger partial charge in [0.25, 0.3) is 0 Å². The zero-order valence-corrected chi connectivity index (χ0v) is 10.9. The van der Waals surface area contributed by atoms with Crippen molar-refractivity contribution in [2.45, 2.75) is 46.0 Å². The van der Waals surface area contributed by atoms with Crippen LogP contribution in [0.5, 0.6) is 0 Å². The number of rotatable bonds is 6. The van der Waals surface area contributed by atoms with E-state index in [1.165, 1.54) is 19.4 Å². The summed E-state index contributed by atoms with van der Waals surface area (Å²) in [6, 6.07) is 0. The number of carbonyl (C=O) groups excluding carboxylic acids is 1. The molecule has 0 aliphatic carbocycles. The Kier molecular flexibility index (Phi) is 6.46. The molecular formula is C13H26N2O. The Morgan fingerprint density at radius 2 is 1.62 bits per heavy atom. The van der Waals surface area contributed by atoms with E-state index in [4.69, 9.17) is 0 Å². The molecule has 1 aliphatic rings. The first-order valence-electron chi connectivity index (χ1n) is 6.78. The minimum Gasteiger partial charge on any atom is -0.340 e. The van der Waals surface area contributed by atoms with Crippen LogP contribution in [0.4, 0.5) is 0 Å². The average molecular weight is 226 g/mol. The Bertz CT molecular complexity index is 198. The van der Waals surface area contributed by atoms with E-state index in [1.807, 2.05) is 4.90 Å². The Balaban J connectivity index is 2.18. The fraction of sp³-hybridized carbons (Fsp3) is 0.923. The van der Waals surface area contributed by atoms with Crippen molar-refractivity contribution in [1.82, 2.24) is 9.80 Å². The highest BCUT2D eigenvalue weighted by molar-refractivity contribution is 5.76. The lowest BCUT2D eigenvalue weighted by Crippen LogP contribution is -2.48. The molecule has 94 valence electrons. The monoisotopic (exact) mass is 226 g/mol. The second kappa shape index (κ2) is 7.66. The lowest BCUT2D eigenvalue weighted by atomic mass is 10.2. The van der Waals surface area contributed by atoms with E-state index in [1.54, 1.807) is 0 Å². The molecule has 0 N–H and O–H groups in total. The summed E-state index contributed by atoms with van der Waals surface area (Å²) >= 11 is 0. The number of hydrogen-bond acceptors (Lipinski definition) is 2. The highest BCUT2D eigenvalue weighted by Gasteiger charge is 2.19. The molecule has 3 heteroatoms. The van der Waals surface area contributed by atoms with Crippen molar-refractivity contribution in [2.75, 3.05) is 32.7 Å². The normalized spacial score (nSPS) is 17.8. The molecule has 1 rings (SSSR count). The molecule has 0 radical (unpaired) electrons. The summed E-state index contributed by atoms with van der Waals surface area (Å²) < 4.78 is 0. The number of piperazine rings is 1. The Morgan fingerprint density at radius 1 is 1.00 bits per heavy atom. The zero-order chi connectivity index (χ0) is 11.8. The van der Waals surface area contributed by atoms with Gasteiger partial charge in [-0.3, -0.25) is 9.69 Å². The number of carbonyl (C=O) groups is 1. The number of hydrogen-bond donors (Lipinski definition) is 0. The Hall–Kier alpha value is -0.570. The van der Waals surface area contributed by atoms with E-state index in [-0.39, 0.29) is 0 Å². The highest BCUT2D eigenvalue weighted by atomic mass is 16.2. The Labute approximate surface area is 99.8 Å². The highest BCUT2D eigenvalue weighted by Crippen LogP contribution is 2.07. The van der Waals surface area contributed by atoms with Crippen molar-refractivity contribution in [2.24, 2.45) is 0 Å². The summed E-state index contributed by atoms with van der Waals surface area (Å²) in [6.45, 7) is 9.57. The second-order valence-electron chi connectivity index (χ2n) is 4.68. The van der Waals surface area contributed by atoms with Gasteiger partial charge in [0.05, 0.1) is 0 Å². The van der Waals surface area contributed by atoms with Gasteiger partial charge < -0.3 is 4.90 Å². The SMILES string of the molecule is CCCCC(=O)N1CCN(CCCC)CC1. The van der Waals surface area contributed by atoms with Crippen LogP contribution in [0.25, 0.3) is 0 Å². The summed E-state index contributed by atoms with van der Waals surface area (Å²) in [7, 11) is 0. The molecule has 0 aromatic rings. The van der Waals surface area contributed by atoms with Crippen molar-refractivity contribution in [3.8, 4) is 0 Å². The predicted octanol–water partition coefficient (Wildman–Crippen LogP) is 2.12. The van der Waals surface area contributed by atoms with Crippen LogP contribution in [0, 0.1) is 0 Å². The van der Waals surface area contributed by atoms with Gasteiger partial charge in [0.2, 0.25) is 5.91 Å². The van der Waals surface area contributed by atoms with Gasteiger partial charge in [0.15, 0.2) is 0 Å². The van der Waals surface area contributed by atoms with Gasteiger partial charge in [-0.05, 0) is 19.4 Å². The lowest BCUT2D eigenvalue weighted by Gasteiger charge is -2.34.